The number of aromatic hydroxyl groups is 1. The topological polar surface area (TPSA) is 49.8 Å². The lowest BCUT2D eigenvalue weighted by Gasteiger charge is -2.55. The molecule has 5 rings (SSSR count). The Hall–Kier alpha value is -1.33. The van der Waals surface area contributed by atoms with E-state index in [0.29, 0.717) is 11.8 Å². The number of halogens is 1. The van der Waals surface area contributed by atoms with E-state index in [1.807, 2.05) is 0 Å². The van der Waals surface area contributed by atoms with Crippen LogP contribution < -0.4 is 4.74 Å². The van der Waals surface area contributed by atoms with Crippen LogP contribution in [0.5, 0.6) is 11.5 Å². The number of carbonyl (C=O) groups is 1. The van der Waals surface area contributed by atoms with E-state index in [0.717, 1.165) is 29.4 Å². The van der Waals surface area contributed by atoms with Gasteiger partial charge in [-0.25, -0.2) is 0 Å². The van der Waals surface area contributed by atoms with Crippen LogP contribution in [0, 0.1) is 5.92 Å². The molecule has 1 fully saturated rings. The molecule has 1 spiro atoms. The molecule has 4 aliphatic rings. The maximum absolute atomic E-state index is 12.5. The quantitative estimate of drug-likeness (QED) is 0.769. The van der Waals surface area contributed by atoms with Gasteiger partial charge < -0.3 is 14.7 Å². The van der Waals surface area contributed by atoms with Crippen LogP contribution in [0.2, 0.25) is 0 Å². The van der Waals surface area contributed by atoms with Crippen molar-refractivity contribution in [3.05, 3.63) is 33.8 Å². The van der Waals surface area contributed by atoms with Gasteiger partial charge in [0.25, 0.3) is 0 Å². The van der Waals surface area contributed by atoms with Crippen LogP contribution in [-0.2, 0) is 16.6 Å². The molecule has 22 heavy (non-hydrogen) atoms. The molecule has 0 unspecified atom stereocenters. The molecular formula is C17H16BrNO3. The van der Waals surface area contributed by atoms with Crippen LogP contribution in [0.3, 0.4) is 0 Å². The zero-order valence-electron chi connectivity index (χ0n) is 12.2. The summed E-state index contributed by atoms with van der Waals surface area (Å²) in [6, 6.07) is 2.08. The monoisotopic (exact) mass is 361 g/mol. The van der Waals surface area contributed by atoms with Crippen LogP contribution >= 0.6 is 15.9 Å². The highest BCUT2D eigenvalue weighted by Gasteiger charge is 2.64. The van der Waals surface area contributed by atoms with Crippen molar-refractivity contribution in [3.63, 3.8) is 0 Å². The van der Waals surface area contributed by atoms with Crippen LogP contribution in [0.4, 0.5) is 0 Å². The van der Waals surface area contributed by atoms with Gasteiger partial charge in [0, 0.05) is 22.0 Å². The molecule has 2 heterocycles. The largest absolute Gasteiger partial charge is 0.504 e. The first-order chi connectivity index (χ1) is 10.5. The first kappa shape index (κ1) is 13.1. The van der Waals surface area contributed by atoms with Gasteiger partial charge in [-0.05, 0) is 44.1 Å². The van der Waals surface area contributed by atoms with Crippen LogP contribution in [0.25, 0.3) is 0 Å². The van der Waals surface area contributed by atoms with Crippen molar-refractivity contribution in [2.45, 2.75) is 30.4 Å². The molecule has 0 saturated carbocycles. The lowest BCUT2D eigenvalue weighted by atomic mass is 9.53. The minimum atomic E-state index is -0.479. The normalized spacial score (nSPS) is 37.9. The van der Waals surface area contributed by atoms with Crippen molar-refractivity contribution in [1.29, 1.82) is 0 Å². The van der Waals surface area contributed by atoms with Gasteiger partial charge in [0.1, 0.15) is 0 Å². The predicted octanol–water partition coefficient (Wildman–Crippen LogP) is 2.17. The summed E-state index contributed by atoms with van der Waals surface area (Å²) in [6.45, 7) is 0.953. The highest BCUT2D eigenvalue weighted by atomic mass is 79.9. The molecule has 1 aromatic rings. The summed E-state index contributed by atoms with van der Waals surface area (Å²) >= 11 is 3.61. The number of nitrogens with zero attached hydrogens (tertiary/aromatic N) is 1. The third-order valence-electron chi connectivity index (χ3n) is 6.08. The number of phenols is 1. The average molecular weight is 362 g/mol. The fraction of sp³-hybridized carbons (Fsp3) is 0.471. The highest BCUT2D eigenvalue weighted by Crippen LogP contribution is 2.62. The number of rotatable bonds is 0. The Morgan fingerprint density at radius 1 is 1.50 bits per heavy atom. The van der Waals surface area contributed by atoms with Gasteiger partial charge in [0.2, 0.25) is 0 Å². The van der Waals surface area contributed by atoms with E-state index in [1.54, 1.807) is 12.1 Å². The molecule has 0 aromatic heterocycles. The molecular weight excluding hydrogens is 346 g/mol. The van der Waals surface area contributed by atoms with Gasteiger partial charge in [-0.15, -0.1) is 0 Å². The Bertz CT molecular complexity index is 759. The summed E-state index contributed by atoms with van der Waals surface area (Å²) in [5.74, 6) is 0.974. The Kier molecular flexibility index (Phi) is 2.36. The maximum atomic E-state index is 12.5. The SMILES string of the molecule is CN1CC[C@]23c4c5c(Br)cc(O)c4O[C@H]2C(=O)C=C[C@H]3[C@H]1C5. The number of ether oxygens (including phenoxy) is 1. The standard InChI is InChI=1S/C17H16BrNO3/c1-19-5-4-17-9-2-3-12(20)16(17)22-15-13(21)7-10(18)8(14(15)17)6-11(9)19/h2-3,7,9,11,16,21H,4-6H2,1H3/t9-,11+,16-,17-/m0/s1. The van der Waals surface area contributed by atoms with Crippen molar-refractivity contribution in [1.82, 2.24) is 4.90 Å². The maximum Gasteiger partial charge on any atom is 0.196 e. The van der Waals surface area contributed by atoms with E-state index >= 15 is 0 Å². The Balaban J connectivity index is 1.89. The average Bonchev–Trinajstić information content (AvgIpc) is 2.83. The van der Waals surface area contributed by atoms with Crippen molar-refractivity contribution in [2.24, 2.45) is 5.92 Å². The van der Waals surface area contributed by atoms with Gasteiger partial charge in [0.15, 0.2) is 23.4 Å². The zero-order chi connectivity index (χ0) is 15.2. The summed E-state index contributed by atoms with van der Waals surface area (Å²) in [7, 11) is 2.16. The number of likely N-dealkylation sites (tertiary alicyclic amines) is 1. The second-order valence-corrected chi connectivity index (χ2v) is 7.74. The molecule has 4 nitrogen and oxygen atoms in total. The molecule has 1 N–H and O–H groups in total. The molecule has 114 valence electrons. The van der Waals surface area contributed by atoms with E-state index < -0.39 is 6.10 Å². The number of hydrogen-bond acceptors (Lipinski definition) is 4. The highest BCUT2D eigenvalue weighted by molar-refractivity contribution is 9.10. The molecule has 4 atom stereocenters. The summed E-state index contributed by atoms with van der Waals surface area (Å²) in [5.41, 5.74) is 1.98. The zero-order valence-corrected chi connectivity index (χ0v) is 13.8. The molecule has 2 aliphatic heterocycles. The Morgan fingerprint density at radius 3 is 3.14 bits per heavy atom. The van der Waals surface area contributed by atoms with Gasteiger partial charge in [-0.2, -0.15) is 0 Å². The lowest BCUT2D eigenvalue weighted by Crippen LogP contribution is -2.64. The van der Waals surface area contributed by atoms with Crippen molar-refractivity contribution < 1.29 is 14.6 Å². The Labute approximate surface area is 136 Å². The molecule has 2 bridgehead atoms. The Morgan fingerprint density at radius 2 is 2.32 bits per heavy atom. The minimum absolute atomic E-state index is 0.0270. The molecule has 2 aliphatic carbocycles. The predicted molar refractivity (Wildman–Crippen MR) is 84.3 cm³/mol. The second-order valence-electron chi connectivity index (χ2n) is 6.89. The van der Waals surface area contributed by atoms with Gasteiger partial charge >= 0.3 is 0 Å². The van der Waals surface area contributed by atoms with E-state index in [2.05, 4.69) is 34.0 Å². The first-order valence-corrected chi connectivity index (χ1v) is 8.47. The van der Waals surface area contributed by atoms with E-state index in [-0.39, 0.29) is 22.9 Å². The smallest absolute Gasteiger partial charge is 0.196 e. The van der Waals surface area contributed by atoms with Gasteiger partial charge in [0.05, 0.1) is 5.41 Å². The summed E-state index contributed by atoms with van der Waals surface area (Å²) in [5, 5.41) is 10.3. The van der Waals surface area contributed by atoms with Gasteiger partial charge in [-0.1, -0.05) is 22.0 Å². The van der Waals surface area contributed by atoms with E-state index in [1.165, 1.54) is 5.56 Å². The molecule has 0 radical (unpaired) electrons. The fourth-order valence-corrected chi connectivity index (χ4v) is 5.70. The van der Waals surface area contributed by atoms with Crippen LogP contribution in [-0.4, -0.2) is 41.5 Å². The van der Waals surface area contributed by atoms with Gasteiger partial charge in [-0.3, -0.25) is 4.79 Å². The van der Waals surface area contributed by atoms with Crippen molar-refractivity contribution >= 4 is 21.7 Å². The first-order valence-electron chi connectivity index (χ1n) is 7.68. The van der Waals surface area contributed by atoms with E-state index in [9.17, 15) is 9.90 Å². The summed E-state index contributed by atoms with van der Waals surface area (Å²) in [4.78, 5) is 14.9. The summed E-state index contributed by atoms with van der Waals surface area (Å²) in [6.07, 6.45) is 5.09. The number of benzene rings is 1. The minimum Gasteiger partial charge on any atom is -0.504 e. The lowest BCUT2D eigenvalue weighted by molar-refractivity contribution is -0.127. The fourth-order valence-electron chi connectivity index (χ4n) is 5.12. The molecule has 5 heteroatoms. The number of carbonyl (C=O) groups excluding carboxylic acids is 1. The van der Waals surface area contributed by atoms with Crippen molar-refractivity contribution in [2.75, 3.05) is 13.6 Å². The third-order valence-corrected chi connectivity index (χ3v) is 6.78. The van der Waals surface area contributed by atoms with Crippen LogP contribution in [0.15, 0.2) is 22.7 Å². The molecule has 1 saturated heterocycles. The molecule has 1 aromatic carbocycles. The summed E-state index contributed by atoms with van der Waals surface area (Å²) < 4.78 is 6.95. The second kappa shape index (κ2) is 3.95. The number of likely N-dealkylation sites (N-methyl/N-ethyl adjacent to an activating group) is 1. The number of ketones is 1. The van der Waals surface area contributed by atoms with Crippen LogP contribution in [0.1, 0.15) is 17.5 Å². The number of hydrogen-bond donors (Lipinski definition) is 1. The number of piperidine rings is 1. The molecule has 0 amide bonds. The number of phenolic OH excluding ortho intramolecular Hbond substituents is 1. The van der Waals surface area contributed by atoms with Crippen molar-refractivity contribution in [3.8, 4) is 11.5 Å². The van der Waals surface area contributed by atoms with E-state index in [4.69, 9.17) is 4.74 Å². The third kappa shape index (κ3) is 1.27.